The fourth-order valence-electron chi connectivity index (χ4n) is 4.86. The molecule has 172 valence electrons. The van der Waals surface area contributed by atoms with Gasteiger partial charge in [0.2, 0.25) is 11.8 Å². The van der Waals surface area contributed by atoms with Gasteiger partial charge in [-0.1, -0.05) is 54.6 Å². The lowest BCUT2D eigenvalue weighted by atomic mass is 9.88. The van der Waals surface area contributed by atoms with Crippen LogP contribution in [0, 0.1) is 0 Å². The Kier molecular flexibility index (Phi) is 5.08. The number of imide groups is 1. The Balaban J connectivity index is 1.47. The molecule has 2 N–H and O–H groups in total. The third kappa shape index (κ3) is 3.39. The highest BCUT2D eigenvalue weighted by Crippen LogP contribution is 2.35. The number of hydrogen-bond donors (Lipinski definition) is 2. The first kappa shape index (κ1) is 21.6. The number of amides is 5. The van der Waals surface area contributed by atoms with Gasteiger partial charge in [-0.15, -0.1) is 0 Å². The van der Waals surface area contributed by atoms with E-state index >= 15 is 0 Å². The molecule has 3 aromatic carbocycles. The van der Waals surface area contributed by atoms with Gasteiger partial charge in [0.25, 0.3) is 5.91 Å². The van der Waals surface area contributed by atoms with E-state index in [2.05, 4.69) is 10.6 Å². The molecule has 8 nitrogen and oxygen atoms in total. The summed E-state index contributed by atoms with van der Waals surface area (Å²) < 4.78 is 0. The molecule has 0 saturated carbocycles. The lowest BCUT2D eigenvalue weighted by molar-refractivity contribution is -0.134. The Bertz CT molecular complexity index is 1350. The molecule has 2 aliphatic heterocycles. The summed E-state index contributed by atoms with van der Waals surface area (Å²) in [6.07, 6.45) is 0.105. The van der Waals surface area contributed by atoms with Crippen molar-refractivity contribution in [3.05, 3.63) is 72.3 Å². The summed E-state index contributed by atoms with van der Waals surface area (Å²) in [5.74, 6) is -1.14. The molecule has 0 bridgehead atoms. The highest BCUT2D eigenvalue weighted by atomic mass is 16.2. The number of fused-ring (bicyclic) bond motifs is 2. The number of urea groups is 1. The van der Waals surface area contributed by atoms with Gasteiger partial charge in [0, 0.05) is 12.5 Å². The summed E-state index contributed by atoms with van der Waals surface area (Å²) in [7, 11) is 0. The van der Waals surface area contributed by atoms with Crippen molar-refractivity contribution in [3.63, 3.8) is 0 Å². The fraction of sp³-hybridized carbons (Fsp3) is 0.231. The molecular weight excluding hydrogens is 432 g/mol. The average molecular weight is 457 g/mol. The second-order valence-electron chi connectivity index (χ2n) is 8.86. The molecule has 5 amide bonds. The smallest absolute Gasteiger partial charge is 0.324 e. The van der Waals surface area contributed by atoms with Crippen molar-refractivity contribution in [2.45, 2.75) is 31.8 Å². The number of rotatable bonds is 3. The van der Waals surface area contributed by atoms with Gasteiger partial charge in [-0.2, -0.15) is 0 Å². The summed E-state index contributed by atoms with van der Waals surface area (Å²) in [6.45, 7) is 3.00. The molecular formula is C26H24N4O4. The molecule has 34 heavy (non-hydrogen) atoms. The van der Waals surface area contributed by atoms with Crippen LogP contribution in [0.2, 0.25) is 0 Å². The van der Waals surface area contributed by atoms with Gasteiger partial charge >= 0.3 is 6.03 Å². The molecule has 0 unspecified atom stereocenters. The zero-order valence-corrected chi connectivity index (χ0v) is 18.9. The van der Waals surface area contributed by atoms with Gasteiger partial charge < -0.3 is 15.5 Å². The Morgan fingerprint density at radius 2 is 1.71 bits per heavy atom. The molecule has 8 heteroatoms. The van der Waals surface area contributed by atoms with Crippen LogP contribution in [0.3, 0.4) is 0 Å². The van der Waals surface area contributed by atoms with Gasteiger partial charge in [0.05, 0.1) is 11.4 Å². The SMILES string of the molecule is C[C@@H]1CC(=O)Nc2ccccc2N1C(=O)CN1C(=O)N[C@](C)(c2cccc3ccccc23)C1=O. The minimum atomic E-state index is -1.31. The number of nitrogens with one attached hydrogen (secondary N) is 2. The van der Waals surface area contributed by atoms with Crippen molar-refractivity contribution >= 4 is 45.9 Å². The minimum Gasteiger partial charge on any atom is -0.324 e. The normalized spacial score (nSPS) is 22.3. The summed E-state index contributed by atoms with van der Waals surface area (Å²) >= 11 is 0. The van der Waals surface area contributed by atoms with Crippen molar-refractivity contribution in [1.82, 2.24) is 10.2 Å². The Labute approximate surface area is 196 Å². The highest BCUT2D eigenvalue weighted by Gasteiger charge is 2.50. The first-order valence-corrected chi connectivity index (χ1v) is 11.1. The Morgan fingerprint density at radius 3 is 2.53 bits per heavy atom. The third-order valence-corrected chi connectivity index (χ3v) is 6.52. The van der Waals surface area contributed by atoms with Gasteiger partial charge in [-0.25, -0.2) is 4.79 Å². The number of benzene rings is 3. The topological polar surface area (TPSA) is 98.8 Å². The lowest BCUT2D eigenvalue weighted by Gasteiger charge is -2.29. The van der Waals surface area contributed by atoms with Gasteiger partial charge in [0.1, 0.15) is 12.1 Å². The van der Waals surface area contributed by atoms with Crippen molar-refractivity contribution < 1.29 is 19.2 Å². The zero-order chi connectivity index (χ0) is 24.0. The summed E-state index contributed by atoms with van der Waals surface area (Å²) in [4.78, 5) is 54.6. The van der Waals surface area contributed by atoms with Crippen LogP contribution >= 0.6 is 0 Å². The number of carbonyl (C=O) groups excluding carboxylic acids is 4. The second-order valence-corrected chi connectivity index (χ2v) is 8.86. The van der Waals surface area contributed by atoms with Crippen molar-refractivity contribution in [3.8, 4) is 0 Å². The number of carbonyl (C=O) groups is 4. The molecule has 0 aliphatic carbocycles. The summed E-state index contributed by atoms with van der Waals surface area (Å²) in [6, 6.07) is 19.2. The van der Waals surface area contributed by atoms with Crippen LogP contribution in [0.5, 0.6) is 0 Å². The first-order chi connectivity index (χ1) is 16.3. The van der Waals surface area contributed by atoms with Crippen LogP contribution in [0.15, 0.2) is 66.7 Å². The molecule has 1 fully saturated rings. The van der Waals surface area contributed by atoms with Crippen LogP contribution in [0.25, 0.3) is 10.8 Å². The maximum absolute atomic E-state index is 13.6. The molecule has 2 aliphatic rings. The maximum atomic E-state index is 13.6. The maximum Gasteiger partial charge on any atom is 0.325 e. The molecule has 2 atom stereocenters. The van der Waals surface area contributed by atoms with E-state index in [0.29, 0.717) is 16.9 Å². The van der Waals surface area contributed by atoms with E-state index < -0.39 is 36.0 Å². The Hall–Kier alpha value is -4.20. The molecule has 3 aromatic rings. The predicted octanol–water partition coefficient (Wildman–Crippen LogP) is 3.37. The van der Waals surface area contributed by atoms with E-state index in [1.165, 1.54) is 4.90 Å². The number of hydrogen-bond acceptors (Lipinski definition) is 4. The van der Waals surface area contributed by atoms with Gasteiger partial charge in [-0.3, -0.25) is 19.3 Å². The standard InChI is InChI=1S/C26H24N4O4/c1-16-14-22(31)27-20-12-5-6-13-21(20)30(16)23(32)15-29-24(33)26(2,28-25(29)34)19-11-7-9-17-8-3-4-10-18(17)19/h3-13,16H,14-15H2,1-2H3,(H,27,31)(H,28,34)/t16-,26-/m1/s1. The average Bonchev–Trinajstić information content (AvgIpc) is 2.95. The zero-order valence-electron chi connectivity index (χ0n) is 18.9. The van der Waals surface area contributed by atoms with Crippen molar-refractivity contribution in [2.75, 3.05) is 16.8 Å². The van der Waals surface area contributed by atoms with Crippen LogP contribution < -0.4 is 15.5 Å². The molecule has 0 spiro atoms. The molecule has 0 aromatic heterocycles. The third-order valence-electron chi connectivity index (χ3n) is 6.52. The van der Waals surface area contributed by atoms with Crippen molar-refractivity contribution in [2.24, 2.45) is 0 Å². The number of anilines is 2. The Morgan fingerprint density at radius 1 is 1.00 bits per heavy atom. The molecule has 5 rings (SSSR count). The van der Waals surface area contributed by atoms with Gasteiger partial charge in [-0.05, 0) is 42.3 Å². The quantitative estimate of drug-likeness (QED) is 0.591. The minimum absolute atomic E-state index is 0.105. The van der Waals surface area contributed by atoms with E-state index in [9.17, 15) is 19.2 Å². The first-order valence-electron chi connectivity index (χ1n) is 11.1. The summed E-state index contributed by atoms with van der Waals surface area (Å²) in [5, 5.41) is 7.41. The largest absolute Gasteiger partial charge is 0.325 e. The van der Waals surface area contributed by atoms with Gasteiger partial charge in [0.15, 0.2) is 0 Å². The molecule has 2 heterocycles. The summed E-state index contributed by atoms with van der Waals surface area (Å²) in [5.41, 5.74) is 0.415. The predicted molar refractivity (Wildman–Crippen MR) is 128 cm³/mol. The number of para-hydroxylation sites is 2. The van der Waals surface area contributed by atoms with Crippen LogP contribution in [0.1, 0.15) is 25.8 Å². The molecule has 1 saturated heterocycles. The lowest BCUT2D eigenvalue weighted by Crippen LogP contribution is -2.47. The van der Waals surface area contributed by atoms with E-state index in [1.807, 2.05) is 42.5 Å². The monoisotopic (exact) mass is 456 g/mol. The fourth-order valence-corrected chi connectivity index (χ4v) is 4.86. The van der Waals surface area contributed by atoms with Crippen LogP contribution in [-0.2, 0) is 19.9 Å². The van der Waals surface area contributed by atoms with E-state index in [0.717, 1.165) is 15.7 Å². The van der Waals surface area contributed by atoms with E-state index in [-0.39, 0.29) is 12.3 Å². The van der Waals surface area contributed by atoms with E-state index in [1.54, 1.807) is 38.1 Å². The highest BCUT2D eigenvalue weighted by molar-refractivity contribution is 6.13. The van der Waals surface area contributed by atoms with Crippen molar-refractivity contribution in [1.29, 1.82) is 0 Å². The van der Waals surface area contributed by atoms with Crippen LogP contribution in [-0.4, -0.2) is 41.2 Å². The second kappa shape index (κ2) is 7.98. The number of nitrogens with zero attached hydrogens (tertiary/aromatic N) is 2. The van der Waals surface area contributed by atoms with E-state index in [4.69, 9.17) is 0 Å². The van der Waals surface area contributed by atoms with Crippen LogP contribution in [0.4, 0.5) is 16.2 Å². The molecule has 0 radical (unpaired) electrons.